The van der Waals surface area contributed by atoms with Gasteiger partial charge in [0.25, 0.3) is 0 Å². The van der Waals surface area contributed by atoms with Crippen LogP contribution in [-0.2, 0) is 11.3 Å². The molecule has 1 aliphatic rings. The lowest BCUT2D eigenvalue weighted by molar-refractivity contribution is -0.144. The summed E-state index contributed by atoms with van der Waals surface area (Å²) in [7, 11) is 1.67. The van der Waals surface area contributed by atoms with Crippen LogP contribution in [0.1, 0.15) is 22.7 Å². The Balaban J connectivity index is 1.67. The molecule has 1 atom stereocenters. The first-order valence-corrected chi connectivity index (χ1v) is 9.06. The van der Waals surface area contributed by atoms with Gasteiger partial charge in [-0.25, -0.2) is 4.39 Å². The first kappa shape index (κ1) is 19.3. The van der Waals surface area contributed by atoms with Crippen molar-refractivity contribution in [1.82, 2.24) is 9.80 Å². The van der Waals surface area contributed by atoms with Crippen LogP contribution in [0.25, 0.3) is 0 Å². The van der Waals surface area contributed by atoms with E-state index in [1.807, 2.05) is 29.2 Å². The maximum absolute atomic E-state index is 13.5. The predicted octanol–water partition coefficient (Wildman–Crippen LogP) is 3.09. The van der Waals surface area contributed by atoms with Gasteiger partial charge in [-0.1, -0.05) is 30.3 Å². The first-order valence-electron chi connectivity index (χ1n) is 9.06. The van der Waals surface area contributed by atoms with Gasteiger partial charge in [-0.2, -0.15) is 0 Å². The molecule has 6 heteroatoms. The molecule has 1 unspecified atom stereocenters. The summed E-state index contributed by atoms with van der Waals surface area (Å²) < 4.78 is 19.0. The third-order valence-corrected chi connectivity index (χ3v) is 5.09. The molecular formula is C21H25FN2O3. The van der Waals surface area contributed by atoms with E-state index in [0.717, 1.165) is 30.9 Å². The van der Waals surface area contributed by atoms with E-state index in [4.69, 9.17) is 4.74 Å². The van der Waals surface area contributed by atoms with Crippen LogP contribution in [0.4, 0.5) is 4.39 Å². The summed E-state index contributed by atoms with van der Waals surface area (Å²) >= 11 is 0. The van der Waals surface area contributed by atoms with Gasteiger partial charge in [0.15, 0.2) is 0 Å². The molecule has 1 aliphatic heterocycles. The summed E-state index contributed by atoms with van der Waals surface area (Å²) in [6.45, 7) is 5.24. The lowest BCUT2D eigenvalue weighted by atomic mass is 10.0. The van der Waals surface area contributed by atoms with Crippen LogP contribution < -0.4 is 4.74 Å². The highest BCUT2D eigenvalue weighted by Crippen LogP contribution is 2.26. The van der Waals surface area contributed by atoms with Gasteiger partial charge in [0.2, 0.25) is 0 Å². The largest absolute Gasteiger partial charge is 0.496 e. The molecule has 0 radical (unpaired) electrons. The number of aliphatic carboxylic acids is 1. The zero-order valence-electron chi connectivity index (χ0n) is 15.7. The second kappa shape index (κ2) is 8.50. The number of halogens is 1. The average molecular weight is 372 g/mol. The summed E-state index contributed by atoms with van der Waals surface area (Å²) in [5, 5.41) is 9.74. The fourth-order valence-electron chi connectivity index (χ4n) is 3.60. The van der Waals surface area contributed by atoms with E-state index in [2.05, 4.69) is 4.90 Å². The van der Waals surface area contributed by atoms with Crippen molar-refractivity contribution in [1.29, 1.82) is 0 Å². The summed E-state index contributed by atoms with van der Waals surface area (Å²) in [4.78, 5) is 16.1. The summed E-state index contributed by atoms with van der Waals surface area (Å²) in [5.41, 5.74) is 2.21. The number of aryl methyl sites for hydroxylation is 1. The van der Waals surface area contributed by atoms with E-state index in [1.54, 1.807) is 26.2 Å². The Labute approximate surface area is 159 Å². The van der Waals surface area contributed by atoms with Gasteiger partial charge in [-0.3, -0.25) is 14.6 Å². The number of hydrogen-bond acceptors (Lipinski definition) is 4. The summed E-state index contributed by atoms with van der Waals surface area (Å²) in [6.07, 6.45) is 0. The normalized spacial score (nSPS) is 16.9. The van der Waals surface area contributed by atoms with Crippen LogP contribution in [0.2, 0.25) is 0 Å². The Morgan fingerprint density at radius 2 is 1.89 bits per heavy atom. The number of ether oxygens (including phenoxy) is 1. The lowest BCUT2D eigenvalue weighted by Gasteiger charge is -2.38. The third-order valence-electron chi connectivity index (χ3n) is 5.09. The fourth-order valence-corrected chi connectivity index (χ4v) is 3.60. The SMILES string of the molecule is COc1ccccc1CN1CCN(C(C(=O)O)c2ccc(F)c(C)c2)CC1. The number of carbonyl (C=O) groups is 1. The summed E-state index contributed by atoms with van der Waals surface area (Å²) in [6, 6.07) is 11.7. The number of piperazine rings is 1. The van der Waals surface area contributed by atoms with Crippen molar-refractivity contribution in [3.8, 4) is 5.75 Å². The minimum absolute atomic E-state index is 0.315. The van der Waals surface area contributed by atoms with Gasteiger partial charge < -0.3 is 9.84 Å². The zero-order chi connectivity index (χ0) is 19.4. The fraction of sp³-hybridized carbons (Fsp3) is 0.381. The van der Waals surface area contributed by atoms with Crippen LogP contribution in [-0.4, -0.2) is 54.2 Å². The molecule has 1 N–H and O–H groups in total. The quantitative estimate of drug-likeness (QED) is 0.845. The smallest absolute Gasteiger partial charge is 0.325 e. The number of nitrogens with zero attached hydrogens (tertiary/aromatic N) is 2. The number of benzene rings is 2. The Morgan fingerprint density at radius 3 is 2.52 bits per heavy atom. The van der Waals surface area contributed by atoms with Gasteiger partial charge in [0.05, 0.1) is 7.11 Å². The molecule has 144 valence electrons. The molecule has 1 heterocycles. The van der Waals surface area contributed by atoms with Crippen molar-refractivity contribution in [3.05, 3.63) is 65.0 Å². The molecule has 27 heavy (non-hydrogen) atoms. The van der Waals surface area contributed by atoms with Crippen molar-refractivity contribution >= 4 is 5.97 Å². The summed E-state index contributed by atoms with van der Waals surface area (Å²) in [5.74, 6) is -0.353. The topological polar surface area (TPSA) is 53.0 Å². The Hall–Kier alpha value is -2.44. The first-order chi connectivity index (χ1) is 13.0. The lowest BCUT2D eigenvalue weighted by Crippen LogP contribution is -2.48. The predicted molar refractivity (Wildman–Crippen MR) is 101 cm³/mol. The highest BCUT2D eigenvalue weighted by atomic mass is 19.1. The standard InChI is InChI=1S/C21H25FN2O3/c1-15-13-16(7-8-18(15)22)20(21(25)26)24-11-9-23(10-12-24)14-17-5-3-4-6-19(17)27-2/h3-8,13,20H,9-12,14H2,1-2H3,(H,25,26). The van der Waals surface area contributed by atoms with Crippen molar-refractivity contribution in [2.45, 2.75) is 19.5 Å². The number of para-hydroxylation sites is 1. The molecule has 5 nitrogen and oxygen atoms in total. The Bertz CT molecular complexity index is 804. The molecule has 0 aliphatic carbocycles. The van der Waals surface area contributed by atoms with Gasteiger partial charge in [-0.05, 0) is 30.2 Å². The van der Waals surface area contributed by atoms with Gasteiger partial charge in [-0.15, -0.1) is 0 Å². The molecule has 0 spiro atoms. The average Bonchev–Trinajstić information content (AvgIpc) is 2.66. The molecular weight excluding hydrogens is 347 g/mol. The van der Waals surface area contributed by atoms with Crippen LogP contribution in [0.15, 0.2) is 42.5 Å². The molecule has 1 saturated heterocycles. The van der Waals surface area contributed by atoms with Crippen LogP contribution in [0, 0.1) is 12.7 Å². The molecule has 3 rings (SSSR count). The van der Waals surface area contributed by atoms with Crippen LogP contribution >= 0.6 is 0 Å². The zero-order valence-corrected chi connectivity index (χ0v) is 15.7. The number of carboxylic acids is 1. The van der Waals surface area contributed by atoms with Gasteiger partial charge >= 0.3 is 5.97 Å². The van der Waals surface area contributed by atoms with E-state index in [1.165, 1.54) is 6.07 Å². The number of methoxy groups -OCH3 is 1. The van der Waals surface area contributed by atoms with E-state index in [9.17, 15) is 14.3 Å². The second-order valence-corrected chi connectivity index (χ2v) is 6.87. The number of rotatable bonds is 6. The van der Waals surface area contributed by atoms with Crippen molar-refractivity contribution < 1.29 is 19.0 Å². The Kier molecular flexibility index (Phi) is 6.08. The maximum Gasteiger partial charge on any atom is 0.325 e. The van der Waals surface area contributed by atoms with Crippen molar-refractivity contribution in [2.75, 3.05) is 33.3 Å². The van der Waals surface area contributed by atoms with E-state index in [-0.39, 0.29) is 5.82 Å². The number of hydrogen-bond donors (Lipinski definition) is 1. The van der Waals surface area contributed by atoms with Crippen molar-refractivity contribution in [2.24, 2.45) is 0 Å². The van der Waals surface area contributed by atoms with Crippen LogP contribution in [0.3, 0.4) is 0 Å². The minimum Gasteiger partial charge on any atom is -0.496 e. The van der Waals surface area contributed by atoms with E-state index in [0.29, 0.717) is 24.2 Å². The molecule has 1 fully saturated rings. The third kappa shape index (κ3) is 4.46. The van der Waals surface area contributed by atoms with Crippen LogP contribution in [0.5, 0.6) is 5.75 Å². The van der Waals surface area contributed by atoms with E-state index >= 15 is 0 Å². The highest BCUT2D eigenvalue weighted by Gasteiger charge is 2.30. The van der Waals surface area contributed by atoms with E-state index < -0.39 is 12.0 Å². The number of carboxylic acid groups (broad SMARTS) is 1. The van der Waals surface area contributed by atoms with Gasteiger partial charge in [0, 0.05) is 38.3 Å². The Morgan fingerprint density at radius 1 is 1.19 bits per heavy atom. The second-order valence-electron chi connectivity index (χ2n) is 6.87. The molecule has 2 aromatic carbocycles. The molecule has 0 bridgehead atoms. The highest BCUT2D eigenvalue weighted by molar-refractivity contribution is 5.75. The molecule has 2 aromatic rings. The molecule has 0 amide bonds. The maximum atomic E-state index is 13.5. The monoisotopic (exact) mass is 372 g/mol. The molecule has 0 aromatic heterocycles. The molecule has 0 saturated carbocycles. The van der Waals surface area contributed by atoms with Gasteiger partial charge in [0.1, 0.15) is 17.6 Å². The minimum atomic E-state index is -0.904. The van der Waals surface area contributed by atoms with Crippen molar-refractivity contribution in [3.63, 3.8) is 0 Å².